The van der Waals surface area contributed by atoms with Crippen molar-refractivity contribution in [2.75, 3.05) is 15.1 Å². The van der Waals surface area contributed by atoms with Crippen LogP contribution in [0.4, 0.5) is 22.7 Å². The van der Waals surface area contributed by atoms with Gasteiger partial charge in [-0.15, -0.1) is 0 Å². The van der Waals surface area contributed by atoms with Gasteiger partial charge in [0.05, 0.1) is 28.5 Å². The first-order valence-corrected chi connectivity index (χ1v) is 12.0. The van der Waals surface area contributed by atoms with Crippen molar-refractivity contribution in [1.29, 1.82) is 0 Å². The van der Waals surface area contributed by atoms with Gasteiger partial charge < -0.3 is 10.2 Å². The summed E-state index contributed by atoms with van der Waals surface area (Å²) in [5, 5.41) is 14.3. The van der Waals surface area contributed by atoms with Crippen molar-refractivity contribution in [1.82, 2.24) is 0 Å². The highest BCUT2D eigenvalue weighted by molar-refractivity contribution is 6.31. The maximum absolute atomic E-state index is 13.8. The van der Waals surface area contributed by atoms with Gasteiger partial charge in [0.15, 0.2) is 0 Å². The van der Waals surface area contributed by atoms with Crippen molar-refractivity contribution in [3.8, 4) is 0 Å². The summed E-state index contributed by atoms with van der Waals surface area (Å²) in [4.78, 5) is 54.7. The summed E-state index contributed by atoms with van der Waals surface area (Å²) in [7, 11) is 0. The molecule has 3 aliphatic heterocycles. The van der Waals surface area contributed by atoms with E-state index < -0.39 is 40.7 Å². The van der Waals surface area contributed by atoms with Crippen LogP contribution in [0.25, 0.3) is 6.08 Å². The van der Waals surface area contributed by atoms with E-state index in [-0.39, 0.29) is 11.6 Å². The number of nitrogens with one attached hydrogen (secondary N) is 1. The highest BCUT2D eigenvalue weighted by atomic mass is 35.5. The molecule has 3 heterocycles. The lowest BCUT2D eigenvalue weighted by Crippen LogP contribution is -2.50. The van der Waals surface area contributed by atoms with E-state index in [0.717, 1.165) is 16.2 Å². The first-order chi connectivity index (χ1) is 17.8. The maximum Gasteiger partial charge on any atom is 0.269 e. The van der Waals surface area contributed by atoms with Crippen LogP contribution in [-0.2, 0) is 14.4 Å². The lowest BCUT2D eigenvalue weighted by molar-refractivity contribution is -0.384. The second kappa shape index (κ2) is 8.56. The first kappa shape index (κ1) is 22.9. The van der Waals surface area contributed by atoms with Crippen LogP contribution in [0.2, 0.25) is 5.02 Å². The van der Waals surface area contributed by atoms with Gasteiger partial charge in [0.25, 0.3) is 5.69 Å². The van der Waals surface area contributed by atoms with Gasteiger partial charge in [-0.3, -0.25) is 24.5 Å². The first-order valence-electron chi connectivity index (χ1n) is 11.6. The summed E-state index contributed by atoms with van der Waals surface area (Å²) in [5.74, 6) is -3.00. The van der Waals surface area contributed by atoms with Crippen LogP contribution in [0.15, 0.2) is 78.9 Å². The van der Waals surface area contributed by atoms with Gasteiger partial charge in [-0.2, -0.15) is 0 Å². The minimum Gasteiger partial charge on any atom is -0.351 e. The Morgan fingerprint density at radius 2 is 1.59 bits per heavy atom. The molecule has 0 bridgehead atoms. The van der Waals surface area contributed by atoms with E-state index in [9.17, 15) is 24.5 Å². The Hall–Kier alpha value is -4.50. The van der Waals surface area contributed by atoms with Crippen LogP contribution < -0.4 is 15.1 Å². The van der Waals surface area contributed by atoms with E-state index in [2.05, 4.69) is 5.32 Å². The predicted octanol–water partition coefficient (Wildman–Crippen LogP) is 4.28. The van der Waals surface area contributed by atoms with Gasteiger partial charge in [0.1, 0.15) is 6.04 Å². The van der Waals surface area contributed by atoms with E-state index in [1.54, 1.807) is 24.3 Å². The number of fused-ring (bicyclic) bond motifs is 5. The number of halogens is 1. The van der Waals surface area contributed by atoms with Gasteiger partial charge in [0.2, 0.25) is 17.7 Å². The van der Waals surface area contributed by atoms with E-state index in [4.69, 9.17) is 11.6 Å². The fourth-order valence-electron chi connectivity index (χ4n) is 5.54. The number of hydrogen-bond donors (Lipinski definition) is 1. The Balaban J connectivity index is 1.40. The summed E-state index contributed by atoms with van der Waals surface area (Å²) >= 11 is 6.00. The monoisotopic (exact) mass is 514 g/mol. The highest BCUT2D eigenvalue weighted by Crippen LogP contribution is 2.49. The molecular weight excluding hydrogens is 496 g/mol. The molecule has 0 spiro atoms. The van der Waals surface area contributed by atoms with Gasteiger partial charge in [-0.25, -0.2) is 4.90 Å². The summed E-state index contributed by atoms with van der Waals surface area (Å²) in [5.41, 5.74) is 2.27. The molecule has 0 saturated carbocycles. The number of amides is 3. The minimum absolute atomic E-state index is 0.107. The number of benzene rings is 3. The van der Waals surface area contributed by atoms with E-state index in [1.165, 1.54) is 24.3 Å². The number of hydrogen-bond acceptors (Lipinski definition) is 6. The van der Waals surface area contributed by atoms with Crippen molar-refractivity contribution in [2.45, 2.75) is 12.1 Å². The molecule has 4 atom stereocenters. The van der Waals surface area contributed by atoms with Crippen molar-refractivity contribution in [2.24, 2.45) is 11.8 Å². The van der Waals surface area contributed by atoms with Crippen molar-refractivity contribution in [3.05, 3.63) is 99.6 Å². The number of imide groups is 1. The van der Waals surface area contributed by atoms with E-state index >= 15 is 0 Å². The molecule has 37 heavy (non-hydrogen) atoms. The zero-order valence-corrected chi connectivity index (χ0v) is 19.9. The molecule has 6 rings (SSSR count). The highest BCUT2D eigenvalue weighted by Gasteiger charge is 2.64. The standard InChI is InChI=1S/C27H19ClN4O5/c28-16-6-10-18(11-7-16)30-26(34)22-21-14-5-15-3-1-2-4-20(15)31(21)24(23(22)27(30)35)25(33)29-17-8-12-19(13-9-17)32(36)37/h1-14,21-24H,(H,29,33)/t21-,22-,23-,24+/m1/s1. The van der Waals surface area contributed by atoms with Crippen molar-refractivity contribution >= 4 is 58.1 Å². The van der Waals surface area contributed by atoms with Gasteiger partial charge >= 0.3 is 0 Å². The third-order valence-corrected chi connectivity index (χ3v) is 7.37. The lowest BCUT2D eigenvalue weighted by atomic mass is 9.88. The van der Waals surface area contributed by atoms with Crippen LogP contribution in [-0.4, -0.2) is 34.7 Å². The Bertz CT molecular complexity index is 1490. The van der Waals surface area contributed by atoms with E-state index in [1.807, 2.05) is 41.3 Å². The number of rotatable bonds is 4. The molecule has 2 saturated heterocycles. The van der Waals surface area contributed by atoms with Crippen LogP contribution in [0, 0.1) is 22.0 Å². The topological polar surface area (TPSA) is 113 Å². The molecule has 9 nitrogen and oxygen atoms in total. The largest absolute Gasteiger partial charge is 0.351 e. The second-order valence-electron chi connectivity index (χ2n) is 9.09. The average Bonchev–Trinajstić information content (AvgIpc) is 3.38. The molecule has 0 aromatic heterocycles. The fourth-order valence-corrected chi connectivity index (χ4v) is 5.67. The molecule has 0 radical (unpaired) electrons. The molecule has 3 aromatic rings. The Labute approximate surface area is 216 Å². The number of anilines is 3. The number of carbonyl (C=O) groups excluding carboxylic acids is 3. The van der Waals surface area contributed by atoms with Gasteiger partial charge in [-0.1, -0.05) is 42.0 Å². The SMILES string of the molecule is O=C(Nc1ccc([N+](=O)[O-])cc1)[C@@H]1[C@@H]2C(=O)N(c3ccc(Cl)cc3)C(=O)[C@@H]2[C@H]2C=Cc3ccccc3N21. The van der Waals surface area contributed by atoms with Gasteiger partial charge in [-0.05, 0) is 48.0 Å². The zero-order chi connectivity index (χ0) is 25.8. The summed E-state index contributed by atoms with van der Waals surface area (Å²) in [6.07, 6.45) is 3.78. The Morgan fingerprint density at radius 1 is 0.919 bits per heavy atom. The second-order valence-corrected chi connectivity index (χ2v) is 9.53. The number of para-hydroxylation sites is 1. The molecule has 0 unspecified atom stereocenters. The van der Waals surface area contributed by atoms with Crippen molar-refractivity contribution < 1.29 is 19.3 Å². The van der Waals surface area contributed by atoms with Crippen LogP contribution >= 0.6 is 11.6 Å². The molecule has 3 aliphatic rings. The molecule has 1 N–H and O–H groups in total. The van der Waals surface area contributed by atoms with Crippen LogP contribution in [0.1, 0.15) is 5.56 Å². The van der Waals surface area contributed by atoms with Gasteiger partial charge in [0, 0.05) is 28.5 Å². The maximum atomic E-state index is 13.8. The summed E-state index contributed by atoms with van der Waals surface area (Å²) in [6.45, 7) is 0. The lowest BCUT2D eigenvalue weighted by Gasteiger charge is -2.36. The zero-order valence-electron chi connectivity index (χ0n) is 19.2. The Morgan fingerprint density at radius 3 is 2.30 bits per heavy atom. The molecule has 10 heteroatoms. The summed E-state index contributed by atoms with van der Waals surface area (Å²) < 4.78 is 0. The molecule has 184 valence electrons. The normalized spacial score (nSPS) is 23.5. The molecule has 3 aromatic carbocycles. The van der Waals surface area contributed by atoms with Crippen LogP contribution in [0.3, 0.4) is 0 Å². The summed E-state index contributed by atoms with van der Waals surface area (Å²) in [6, 6.07) is 17.9. The quantitative estimate of drug-likeness (QED) is 0.316. The third-order valence-electron chi connectivity index (χ3n) is 7.11. The molecule has 2 fully saturated rings. The number of nitrogens with zero attached hydrogens (tertiary/aromatic N) is 3. The fraction of sp³-hybridized carbons (Fsp3) is 0.148. The molecule has 3 amide bonds. The minimum atomic E-state index is -0.981. The third kappa shape index (κ3) is 3.58. The van der Waals surface area contributed by atoms with Crippen LogP contribution in [0.5, 0.6) is 0 Å². The molecular formula is C27H19ClN4O5. The number of nitro benzene ring substituents is 1. The number of nitro groups is 1. The van der Waals surface area contributed by atoms with Crippen molar-refractivity contribution in [3.63, 3.8) is 0 Å². The Kier molecular flexibility index (Phi) is 5.31. The smallest absolute Gasteiger partial charge is 0.269 e. The number of carbonyl (C=O) groups is 3. The predicted molar refractivity (Wildman–Crippen MR) is 138 cm³/mol. The average molecular weight is 515 g/mol. The van der Waals surface area contributed by atoms with E-state index in [0.29, 0.717) is 16.4 Å². The number of non-ortho nitro benzene ring substituents is 1. The molecule has 0 aliphatic carbocycles.